The molecule has 0 saturated carbocycles. The Balaban J connectivity index is 1.52. The van der Waals surface area contributed by atoms with Crippen molar-refractivity contribution in [3.63, 3.8) is 0 Å². The molecule has 5 nitrogen and oxygen atoms in total. The van der Waals surface area contributed by atoms with E-state index in [1.54, 1.807) is 0 Å². The van der Waals surface area contributed by atoms with E-state index in [0.29, 0.717) is 19.7 Å². The summed E-state index contributed by atoms with van der Waals surface area (Å²) in [4.78, 5) is 26.2. The van der Waals surface area contributed by atoms with Crippen molar-refractivity contribution in [2.75, 3.05) is 31.6 Å². The van der Waals surface area contributed by atoms with Crippen LogP contribution >= 0.6 is 0 Å². The molecule has 2 aliphatic rings. The molecule has 0 bridgehead atoms. The predicted molar refractivity (Wildman–Crippen MR) is 92.9 cm³/mol. The standard InChI is InChI=1S/C19H26N2O3/c1-2-24-19(23)16-7-4-10-21(12-16)13-18(22)20-17-9-8-14-5-3-6-15(14)11-17/h8-9,11,16H,2-7,10,12-13H2,1H3,(H,20,22)/t16-/m0/s1. The second-order valence-corrected chi connectivity index (χ2v) is 6.71. The quantitative estimate of drug-likeness (QED) is 0.842. The number of likely N-dealkylation sites (tertiary alicyclic amines) is 1. The molecule has 0 unspecified atom stereocenters. The molecule has 1 saturated heterocycles. The fourth-order valence-corrected chi connectivity index (χ4v) is 3.70. The molecule has 1 amide bonds. The maximum absolute atomic E-state index is 12.3. The normalized spacial score (nSPS) is 20.5. The van der Waals surface area contributed by atoms with Crippen LogP contribution in [0, 0.1) is 5.92 Å². The maximum atomic E-state index is 12.3. The number of nitrogens with zero attached hydrogens (tertiary/aromatic N) is 1. The van der Waals surface area contributed by atoms with Crippen molar-refractivity contribution in [3.8, 4) is 0 Å². The first kappa shape index (κ1) is 17.0. The van der Waals surface area contributed by atoms with Crippen molar-refractivity contribution in [2.45, 2.75) is 39.0 Å². The lowest BCUT2D eigenvalue weighted by Crippen LogP contribution is -2.43. The van der Waals surface area contributed by atoms with E-state index in [1.807, 2.05) is 17.9 Å². The highest BCUT2D eigenvalue weighted by molar-refractivity contribution is 5.92. The SMILES string of the molecule is CCOC(=O)[C@H]1CCCN(CC(=O)Nc2ccc3c(c2)CCC3)C1. The molecule has 1 fully saturated rings. The highest BCUT2D eigenvalue weighted by Crippen LogP contribution is 2.25. The first-order chi connectivity index (χ1) is 11.7. The summed E-state index contributed by atoms with van der Waals surface area (Å²) < 4.78 is 5.11. The molecular formula is C19H26N2O3. The van der Waals surface area contributed by atoms with Gasteiger partial charge in [0.05, 0.1) is 19.1 Å². The number of fused-ring (bicyclic) bond motifs is 1. The molecule has 0 radical (unpaired) electrons. The minimum atomic E-state index is -0.138. The van der Waals surface area contributed by atoms with E-state index in [9.17, 15) is 9.59 Å². The number of amides is 1. The van der Waals surface area contributed by atoms with E-state index in [2.05, 4.69) is 17.4 Å². The molecule has 3 rings (SSSR count). The van der Waals surface area contributed by atoms with E-state index in [0.717, 1.165) is 37.9 Å². The molecule has 1 aromatic rings. The zero-order valence-electron chi connectivity index (χ0n) is 14.3. The van der Waals surface area contributed by atoms with Crippen molar-refractivity contribution in [1.29, 1.82) is 0 Å². The number of carbonyl (C=O) groups is 2. The number of piperidine rings is 1. The van der Waals surface area contributed by atoms with Gasteiger partial charge >= 0.3 is 5.97 Å². The van der Waals surface area contributed by atoms with E-state index < -0.39 is 0 Å². The third-order valence-corrected chi connectivity index (χ3v) is 4.87. The molecule has 0 aromatic heterocycles. The van der Waals surface area contributed by atoms with Crippen LogP contribution in [-0.4, -0.2) is 43.0 Å². The highest BCUT2D eigenvalue weighted by Gasteiger charge is 2.27. The van der Waals surface area contributed by atoms with Crippen LogP contribution in [0.1, 0.15) is 37.3 Å². The van der Waals surface area contributed by atoms with E-state index in [4.69, 9.17) is 4.74 Å². The first-order valence-electron chi connectivity index (χ1n) is 8.96. The second-order valence-electron chi connectivity index (χ2n) is 6.71. The zero-order chi connectivity index (χ0) is 16.9. The Bertz CT molecular complexity index is 615. The number of ether oxygens (including phenoxy) is 1. The van der Waals surface area contributed by atoms with Crippen LogP contribution in [-0.2, 0) is 27.2 Å². The molecule has 5 heteroatoms. The van der Waals surface area contributed by atoms with Gasteiger partial charge in [0.1, 0.15) is 0 Å². The van der Waals surface area contributed by atoms with Crippen LogP contribution in [0.15, 0.2) is 18.2 Å². The van der Waals surface area contributed by atoms with E-state index in [1.165, 1.54) is 17.5 Å². The Labute approximate surface area is 143 Å². The molecule has 1 aliphatic heterocycles. The van der Waals surface area contributed by atoms with Crippen LogP contribution < -0.4 is 5.32 Å². The Morgan fingerprint density at radius 3 is 2.92 bits per heavy atom. The maximum Gasteiger partial charge on any atom is 0.310 e. The van der Waals surface area contributed by atoms with Crippen molar-refractivity contribution in [2.24, 2.45) is 5.92 Å². The number of rotatable bonds is 5. The molecule has 0 spiro atoms. The fourth-order valence-electron chi connectivity index (χ4n) is 3.70. The largest absolute Gasteiger partial charge is 0.466 e. The van der Waals surface area contributed by atoms with Crippen molar-refractivity contribution in [3.05, 3.63) is 29.3 Å². The van der Waals surface area contributed by atoms with Gasteiger partial charge in [-0.3, -0.25) is 14.5 Å². The number of nitrogens with one attached hydrogen (secondary N) is 1. The van der Waals surface area contributed by atoms with Crippen molar-refractivity contribution in [1.82, 2.24) is 4.90 Å². The van der Waals surface area contributed by atoms with Crippen LogP contribution in [0.25, 0.3) is 0 Å². The summed E-state index contributed by atoms with van der Waals surface area (Å²) in [5.74, 6) is -0.259. The number of anilines is 1. The van der Waals surface area contributed by atoms with Crippen molar-refractivity contribution >= 4 is 17.6 Å². The van der Waals surface area contributed by atoms with Gasteiger partial charge in [0.15, 0.2) is 0 Å². The summed E-state index contributed by atoms with van der Waals surface area (Å²) in [5, 5.41) is 2.99. The topological polar surface area (TPSA) is 58.6 Å². The van der Waals surface area contributed by atoms with Gasteiger partial charge < -0.3 is 10.1 Å². The summed E-state index contributed by atoms with van der Waals surface area (Å²) in [6.45, 7) is 4.02. The Kier molecular flexibility index (Phi) is 5.51. The van der Waals surface area contributed by atoms with Gasteiger partial charge in [-0.15, -0.1) is 0 Å². The van der Waals surface area contributed by atoms with Gasteiger partial charge in [0, 0.05) is 12.2 Å². The van der Waals surface area contributed by atoms with E-state index >= 15 is 0 Å². The average molecular weight is 330 g/mol. The lowest BCUT2D eigenvalue weighted by molar-refractivity contribution is -0.150. The number of esters is 1. The summed E-state index contributed by atoms with van der Waals surface area (Å²) in [6.07, 6.45) is 5.23. The minimum Gasteiger partial charge on any atom is -0.466 e. The summed E-state index contributed by atoms with van der Waals surface area (Å²) in [6, 6.07) is 6.20. The Hall–Kier alpha value is -1.88. The van der Waals surface area contributed by atoms with Crippen LogP contribution in [0.3, 0.4) is 0 Å². The third-order valence-electron chi connectivity index (χ3n) is 4.87. The summed E-state index contributed by atoms with van der Waals surface area (Å²) in [7, 11) is 0. The molecular weight excluding hydrogens is 304 g/mol. The number of hydrogen-bond acceptors (Lipinski definition) is 4. The first-order valence-corrected chi connectivity index (χ1v) is 8.96. The predicted octanol–water partition coefficient (Wildman–Crippen LogP) is 2.39. The molecule has 1 aromatic carbocycles. The highest BCUT2D eigenvalue weighted by atomic mass is 16.5. The van der Waals surface area contributed by atoms with Gasteiger partial charge in [0.25, 0.3) is 0 Å². The minimum absolute atomic E-state index is 0.0162. The lowest BCUT2D eigenvalue weighted by atomic mass is 9.98. The summed E-state index contributed by atoms with van der Waals surface area (Å²) in [5.41, 5.74) is 3.63. The van der Waals surface area contributed by atoms with Gasteiger partial charge in [-0.05, 0) is 68.8 Å². The smallest absolute Gasteiger partial charge is 0.310 e. The second kappa shape index (κ2) is 7.79. The average Bonchev–Trinajstić information content (AvgIpc) is 3.03. The molecule has 1 N–H and O–H groups in total. The van der Waals surface area contributed by atoms with Crippen molar-refractivity contribution < 1.29 is 14.3 Å². The zero-order valence-corrected chi connectivity index (χ0v) is 14.3. The Morgan fingerprint density at radius 2 is 2.08 bits per heavy atom. The van der Waals surface area contributed by atoms with E-state index in [-0.39, 0.29) is 17.8 Å². The van der Waals surface area contributed by atoms with Crippen LogP contribution in [0.2, 0.25) is 0 Å². The molecule has 1 aliphatic carbocycles. The fraction of sp³-hybridized carbons (Fsp3) is 0.579. The number of aryl methyl sites for hydroxylation is 2. The van der Waals surface area contributed by atoms with Crippen LogP contribution in [0.5, 0.6) is 0 Å². The Morgan fingerprint density at radius 1 is 1.25 bits per heavy atom. The van der Waals surface area contributed by atoms with Gasteiger partial charge in [0.2, 0.25) is 5.91 Å². The summed E-state index contributed by atoms with van der Waals surface area (Å²) >= 11 is 0. The van der Waals surface area contributed by atoms with Gasteiger partial charge in [-0.1, -0.05) is 6.07 Å². The van der Waals surface area contributed by atoms with Crippen LogP contribution in [0.4, 0.5) is 5.69 Å². The number of hydrogen-bond donors (Lipinski definition) is 1. The lowest BCUT2D eigenvalue weighted by Gasteiger charge is -2.30. The van der Waals surface area contributed by atoms with Gasteiger partial charge in [-0.2, -0.15) is 0 Å². The third kappa shape index (κ3) is 4.15. The number of carbonyl (C=O) groups excluding carboxylic acids is 2. The molecule has 1 atom stereocenters. The molecule has 1 heterocycles. The number of benzene rings is 1. The van der Waals surface area contributed by atoms with Gasteiger partial charge in [-0.25, -0.2) is 0 Å². The molecule has 130 valence electrons. The molecule has 24 heavy (non-hydrogen) atoms. The monoisotopic (exact) mass is 330 g/mol.